The zero-order valence-electron chi connectivity index (χ0n) is 10.1. The van der Waals surface area contributed by atoms with Crippen LogP contribution in [-0.2, 0) is 4.79 Å². The maximum Gasteiger partial charge on any atom is 0.359 e. The van der Waals surface area contributed by atoms with Gasteiger partial charge in [-0.05, 0) is 6.07 Å². The van der Waals surface area contributed by atoms with Gasteiger partial charge in [0.15, 0.2) is 6.54 Å². The third kappa shape index (κ3) is 9.01. The van der Waals surface area contributed by atoms with Gasteiger partial charge < -0.3 is 19.5 Å². The lowest BCUT2D eigenvalue weighted by Gasteiger charge is -2.20. The maximum absolute atomic E-state index is 10.0. The smallest absolute Gasteiger partial charge is 0.359 e. The average Bonchev–Trinajstić information content (AvgIpc) is 2.16. The van der Waals surface area contributed by atoms with E-state index < -0.39 is 11.9 Å². The molecule has 0 radical (unpaired) electrons. The molecule has 0 aliphatic heterocycles. The molecule has 1 rings (SSSR count). The monoisotopic (exact) mass is 240 g/mol. The molecule has 1 aromatic heterocycles. The average molecular weight is 240 g/mol. The van der Waals surface area contributed by atoms with Crippen molar-refractivity contribution in [3.8, 4) is 0 Å². The molecule has 0 aliphatic rings. The van der Waals surface area contributed by atoms with Crippen LogP contribution in [0.5, 0.6) is 0 Å². The lowest BCUT2D eigenvalue weighted by Crippen LogP contribution is -2.39. The number of hydrogen-bond acceptors (Lipinski definition) is 4. The van der Waals surface area contributed by atoms with Crippen molar-refractivity contribution in [1.29, 1.82) is 0 Å². The van der Waals surface area contributed by atoms with Crippen molar-refractivity contribution in [2.45, 2.75) is 0 Å². The summed E-state index contributed by atoms with van der Waals surface area (Å²) in [5.41, 5.74) is 0.109. The van der Waals surface area contributed by atoms with E-state index in [1.54, 1.807) is 6.07 Å². The Bertz CT molecular complexity index is 371. The highest BCUT2D eigenvalue weighted by molar-refractivity contribution is 5.85. The SMILES string of the molecule is C[N+](C)(C)CC(=O)O.O=C([O-])c1cccnc1. The summed E-state index contributed by atoms with van der Waals surface area (Å²) < 4.78 is 0.481. The summed E-state index contributed by atoms with van der Waals surface area (Å²) in [5, 5.41) is 18.3. The molecule has 0 aliphatic carbocycles. The van der Waals surface area contributed by atoms with E-state index >= 15 is 0 Å². The van der Waals surface area contributed by atoms with Crippen LogP contribution >= 0.6 is 0 Å². The second-order valence-corrected chi connectivity index (χ2v) is 4.37. The predicted octanol–water partition coefficient (Wildman–Crippen LogP) is -0.778. The Balaban J connectivity index is 0.000000304. The van der Waals surface area contributed by atoms with E-state index in [2.05, 4.69) is 4.98 Å². The molecule has 6 heteroatoms. The largest absolute Gasteiger partial charge is 0.545 e. The number of carboxylic acids is 2. The van der Waals surface area contributed by atoms with Crippen LogP contribution in [0.25, 0.3) is 0 Å². The summed E-state index contributed by atoms with van der Waals surface area (Å²) >= 11 is 0. The molecule has 0 aromatic carbocycles. The topological polar surface area (TPSA) is 90.3 Å². The molecular formula is C11H16N2O4. The number of rotatable bonds is 3. The van der Waals surface area contributed by atoms with Crippen molar-refractivity contribution in [3.63, 3.8) is 0 Å². The number of pyridine rings is 1. The Morgan fingerprint density at radius 1 is 1.41 bits per heavy atom. The zero-order chi connectivity index (χ0) is 13.5. The summed E-state index contributed by atoms with van der Waals surface area (Å²) in [4.78, 5) is 23.6. The van der Waals surface area contributed by atoms with Gasteiger partial charge in [0.25, 0.3) is 0 Å². The summed E-state index contributed by atoms with van der Waals surface area (Å²) in [7, 11) is 5.52. The molecule has 0 saturated carbocycles. The molecule has 1 N–H and O–H groups in total. The first-order valence-corrected chi connectivity index (χ1v) is 4.86. The van der Waals surface area contributed by atoms with Crippen LogP contribution in [0, 0.1) is 0 Å². The highest BCUT2D eigenvalue weighted by atomic mass is 16.4. The van der Waals surface area contributed by atoms with Gasteiger partial charge in [-0.1, -0.05) is 6.07 Å². The molecule has 1 aromatic rings. The minimum absolute atomic E-state index is 0.109. The van der Waals surface area contributed by atoms with E-state index in [-0.39, 0.29) is 12.1 Å². The number of carbonyl (C=O) groups is 2. The molecule has 17 heavy (non-hydrogen) atoms. The third-order valence-electron chi connectivity index (χ3n) is 1.51. The highest BCUT2D eigenvalue weighted by Crippen LogP contribution is 1.90. The number of hydrogen-bond donors (Lipinski definition) is 1. The number of carboxylic acid groups (broad SMARTS) is 2. The van der Waals surface area contributed by atoms with Gasteiger partial charge in [-0.25, -0.2) is 4.79 Å². The molecule has 1 heterocycles. The van der Waals surface area contributed by atoms with Crippen LogP contribution < -0.4 is 5.11 Å². The van der Waals surface area contributed by atoms with Crippen molar-refractivity contribution in [3.05, 3.63) is 30.1 Å². The minimum atomic E-state index is -1.19. The fourth-order valence-electron chi connectivity index (χ4n) is 0.889. The van der Waals surface area contributed by atoms with Gasteiger partial charge in [0.2, 0.25) is 0 Å². The molecule has 0 spiro atoms. The molecule has 94 valence electrons. The molecule has 0 bridgehead atoms. The van der Waals surface area contributed by atoms with Crippen LogP contribution in [0.2, 0.25) is 0 Å². The summed E-state index contributed by atoms with van der Waals surface area (Å²) in [6.07, 6.45) is 2.75. The van der Waals surface area contributed by atoms with E-state index in [4.69, 9.17) is 5.11 Å². The quantitative estimate of drug-likeness (QED) is 0.700. The van der Waals surface area contributed by atoms with Gasteiger partial charge in [-0.15, -0.1) is 0 Å². The predicted molar refractivity (Wildman–Crippen MR) is 59.1 cm³/mol. The van der Waals surface area contributed by atoms with Crippen LogP contribution in [0.3, 0.4) is 0 Å². The van der Waals surface area contributed by atoms with Crippen molar-refractivity contribution >= 4 is 11.9 Å². The number of likely N-dealkylation sites (N-methyl/N-ethyl adjacent to an activating group) is 1. The van der Waals surface area contributed by atoms with E-state index in [0.29, 0.717) is 4.48 Å². The van der Waals surface area contributed by atoms with Crippen LogP contribution in [0.4, 0.5) is 0 Å². The van der Waals surface area contributed by atoms with Crippen molar-refractivity contribution in [2.75, 3.05) is 27.7 Å². The van der Waals surface area contributed by atoms with Gasteiger partial charge in [-0.2, -0.15) is 0 Å². The summed E-state index contributed by atoms with van der Waals surface area (Å²) in [5.74, 6) is -1.94. The number of aromatic nitrogens is 1. The van der Waals surface area contributed by atoms with E-state index in [9.17, 15) is 14.7 Å². The first kappa shape index (κ1) is 15.0. The van der Waals surface area contributed by atoms with Gasteiger partial charge >= 0.3 is 5.97 Å². The van der Waals surface area contributed by atoms with Gasteiger partial charge in [0, 0.05) is 18.0 Å². The Morgan fingerprint density at radius 3 is 2.18 bits per heavy atom. The van der Waals surface area contributed by atoms with Crippen LogP contribution in [0.1, 0.15) is 10.4 Å². The van der Waals surface area contributed by atoms with E-state index in [1.165, 1.54) is 18.5 Å². The Morgan fingerprint density at radius 2 is 2.00 bits per heavy atom. The minimum Gasteiger partial charge on any atom is -0.545 e. The Hall–Kier alpha value is -1.95. The lowest BCUT2D eigenvalue weighted by atomic mass is 10.3. The Kier molecular flexibility index (Phi) is 5.84. The first-order chi connectivity index (χ1) is 7.72. The van der Waals surface area contributed by atoms with Crippen LogP contribution in [0.15, 0.2) is 24.5 Å². The highest BCUT2D eigenvalue weighted by Gasteiger charge is 2.11. The molecule has 0 saturated heterocycles. The number of quaternary nitrogens is 1. The Labute approximate surface area is 99.7 Å². The van der Waals surface area contributed by atoms with Gasteiger partial charge in [-0.3, -0.25) is 4.98 Å². The molecule has 6 nitrogen and oxygen atoms in total. The molecule has 0 fully saturated rings. The number of aromatic carboxylic acids is 1. The first-order valence-electron chi connectivity index (χ1n) is 4.86. The summed E-state index contributed by atoms with van der Waals surface area (Å²) in [6, 6.07) is 2.98. The molecule has 0 amide bonds. The molecular weight excluding hydrogens is 224 g/mol. The molecule has 0 unspecified atom stereocenters. The fourth-order valence-corrected chi connectivity index (χ4v) is 0.889. The normalized spacial score (nSPS) is 10.1. The van der Waals surface area contributed by atoms with Crippen molar-refractivity contribution in [1.82, 2.24) is 4.98 Å². The van der Waals surface area contributed by atoms with Crippen molar-refractivity contribution < 1.29 is 24.3 Å². The zero-order valence-corrected chi connectivity index (χ0v) is 10.1. The third-order valence-corrected chi connectivity index (χ3v) is 1.51. The number of aliphatic carboxylic acids is 1. The van der Waals surface area contributed by atoms with Gasteiger partial charge in [0.1, 0.15) is 0 Å². The lowest BCUT2D eigenvalue weighted by molar-refractivity contribution is -0.862. The fraction of sp³-hybridized carbons (Fsp3) is 0.364. The molecule has 0 atom stereocenters. The van der Waals surface area contributed by atoms with Crippen molar-refractivity contribution in [2.24, 2.45) is 0 Å². The second kappa shape index (κ2) is 6.59. The summed E-state index contributed by atoms with van der Waals surface area (Å²) in [6.45, 7) is 0.181. The van der Waals surface area contributed by atoms with Gasteiger partial charge in [0.05, 0.1) is 27.1 Å². The van der Waals surface area contributed by atoms with E-state index in [0.717, 1.165) is 0 Å². The van der Waals surface area contributed by atoms with Crippen LogP contribution in [-0.4, -0.2) is 54.2 Å². The maximum atomic E-state index is 10.0. The second-order valence-electron chi connectivity index (χ2n) is 4.37. The van der Waals surface area contributed by atoms with E-state index in [1.807, 2.05) is 21.1 Å². The number of carbonyl (C=O) groups excluding carboxylic acids is 1. The standard InChI is InChI=1S/C6H5NO2.C5H11NO2/c8-6(9)5-2-1-3-7-4-5;1-6(2,3)4-5(7)8/h1-4H,(H,8,9);4H2,1-3H3. The number of nitrogens with zero attached hydrogens (tertiary/aromatic N) is 2.